The zero-order valence-electron chi connectivity index (χ0n) is 10.2. The van der Waals surface area contributed by atoms with E-state index in [4.69, 9.17) is 20.8 Å². The number of alkyl halides is 1. The molecule has 1 aromatic heterocycles. The van der Waals surface area contributed by atoms with Crippen LogP contribution < -0.4 is 10.2 Å². The van der Waals surface area contributed by atoms with Gasteiger partial charge in [-0.15, -0.1) is 11.6 Å². The predicted molar refractivity (Wildman–Crippen MR) is 72.7 cm³/mol. The molecule has 0 bridgehead atoms. The monoisotopic (exact) mass is 266 g/mol. The molecule has 96 valence electrons. The molecule has 0 unspecified atom stereocenters. The Morgan fingerprint density at radius 1 is 1.39 bits per heavy atom. The fraction of sp³-hybridized carbons (Fsp3) is 0.357. The molecule has 1 heterocycles. The van der Waals surface area contributed by atoms with Gasteiger partial charge in [-0.3, -0.25) is 4.79 Å². The van der Waals surface area contributed by atoms with Crippen LogP contribution in [0.4, 0.5) is 0 Å². The molecule has 0 N–H and O–H groups in total. The minimum absolute atomic E-state index is 0.0334. The maximum atomic E-state index is 12.0. The first-order chi connectivity index (χ1) is 8.76. The zero-order valence-corrected chi connectivity index (χ0v) is 11.0. The second kappa shape index (κ2) is 5.91. The number of rotatable bonds is 5. The summed E-state index contributed by atoms with van der Waals surface area (Å²) in [4.78, 5) is 12.0. The Morgan fingerprint density at radius 3 is 2.94 bits per heavy atom. The van der Waals surface area contributed by atoms with Crippen LogP contribution in [0.25, 0.3) is 11.0 Å². The van der Waals surface area contributed by atoms with Crippen molar-refractivity contribution in [3.8, 4) is 5.75 Å². The van der Waals surface area contributed by atoms with E-state index in [1.54, 1.807) is 18.2 Å². The van der Waals surface area contributed by atoms with Gasteiger partial charge in [-0.05, 0) is 25.0 Å². The third kappa shape index (κ3) is 2.67. The summed E-state index contributed by atoms with van der Waals surface area (Å²) < 4.78 is 11.0. The van der Waals surface area contributed by atoms with Gasteiger partial charge >= 0.3 is 0 Å². The average molecular weight is 267 g/mol. The Bertz CT molecular complexity index is 589. The van der Waals surface area contributed by atoms with Crippen LogP contribution in [0.2, 0.25) is 0 Å². The largest absolute Gasteiger partial charge is 0.493 e. The van der Waals surface area contributed by atoms with Crippen molar-refractivity contribution in [1.82, 2.24) is 0 Å². The van der Waals surface area contributed by atoms with Crippen LogP contribution in [0.15, 0.2) is 33.7 Å². The summed E-state index contributed by atoms with van der Waals surface area (Å²) >= 11 is 5.58. The Balaban J connectivity index is 2.32. The second-order valence-corrected chi connectivity index (χ2v) is 4.37. The van der Waals surface area contributed by atoms with Crippen LogP contribution in [0.5, 0.6) is 5.75 Å². The van der Waals surface area contributed by atoms with Gasteiger partial charge in [-0.2, -0.15) is 0 Å². The molecule has 0 saturated carbocycles. The topological polar surface area (TPSA) is 39.4 Å². The van der Waals surface area contributed by atoms with E-state index >= 15 is 0 Å². The van der Waals surface area contributed by atoms with Crippen LogP contribution in [-0.2, 0) is 6.42 Å². The molecule has 2 aromatic rings. The summed E-state index contributed by atoms with van der Waals surface area (Å²) in [5.41, 5.74) is 1.28. The Kier molecular flexibility index (Phi) is 4.26. The summed E-state index contributed by atoms with van der Waals surface area (Å²) in [7, 11) is 0. The van der Waals surface area contributed by atoms with Crippen molar-refractivity contribution in [3.05, 3.63) is 40.2 Å². The lowest BCUT2D eigenvalue weighted by molar-refractivity contribution is 0.318. The summed E-state index contributed by atoms with van der Waals surface area (Å²) in [6.07, 6.45) is 2.98. The molecule has 0 aliphatic heterocycles. The second-order valence-electron chi connectivity index (χ2n) is 3.99. The summed E-state index contributed by atoms with van der Waals surface area (Å²) in [5, 5.41) is 0.596. The first-order valence-corrected chi connectivity index (χ1v) is 6.53. The third-order valence-electron chi connectivity index (χ3n) is 2.75. The highest BCUT2D eigenvalue weighted by molar-refractivity contribution is 6.17. The lowest BCUT2D eigenvalue weighted by Crippen LogP contribution is -2.07. The molecule has 0 amide bonds. The van der Waals surface area contributed by atoms with E-state index in [0.717, 1.165) is 6.42 Å². The number of aryl methyl sites for hydroxylation is 1. The highest BCUT2D eigenvalue weighted by Crippen LogP contribution is 2.19. The molecule has 0 atom stereocenters. The van der Waals surface area contributed by atoms with Gasteiger partial charge in [0, 0.05) is 17.5 Å². The quantitative estimate of drug-likeness (QED) is 0.615. The minimum atomic E-state index is 0.0334. The first kappa shape index (κ1) is 13.0. The van der Waals surface area contributed by atoms with Crippen LogP contribution in [-0.4, -0.2) is 12.5 Å². The number of fused-ring (bicyclic) bond motifs is 1. The number of benzene rings is 1. The fourth-order valence-electron chi connectivity index (χ4n) is 1.73. The van der Waals surface area contributed by atoms with Crippen molar-refractivity contribution in [3.63, 3.8) is 0 Å². The number of hydrogen-bond acceptors (Lipinski definition) is 3. The van der Waals surface area contributed by atoms with E-state index in [2.05, 4.69) is 0 Å². The van der Waals surface area contributed by atoms with E-state index in [1.807, 2.05) is 6.92 Å². The van der Waals surface area contributed by atoms with E-state index in [9.17, 15) is 4.79 Å². The van der Waals surface area contributed by atoms with E-state index in [0.29, 0.717) is 41.2 Å². The highest BCUT2D eigenvalue weighted by atomic mass is 35.5. The summed E-state index contributed by atoms with van der Waals surface area (Å²) in [6, 6.07) is 5.27. The molecule has 18 heavy (non-hydrogen) atoms. The molecule has 1 aromatic carbocycles. The Labute approximate surface area is 110 Å². The Hall–Kier alpha value is -1.48. The van der Waals surface area contributed by atoms with Crippen molar-refractivity contribution in [2.45, 2.75) is 19.8 Å². The van der Waals surface area contributed by atoms with Crippen molar-refractivity contribution >= 4 is 22.6 Å². The van der Waals surface area contributed by atoms with Gasteiger partial charge in [0.25, 0.3) is 0 Å². The molecule has 0 saturated heterocycles. The van der Waals surface area contributed by atoms with Crippen molar-refractivity contribution in [1.29, 1.82) is 0 Å². The standard InChI is InChI=1S/C14H15ClO3/c1-2-10-9-18-13-8-11(17-7-3-6-15)4-5-12(13)14(10)16/h4-5,8-9H,2-3,6-7H2,1H3. The Morgan fingerprint density at radius 2 is 2.22 bits per heavy atom. The van der Waals surface area contributed by atoms with Gasteiger partial charge in [0.15, 0.2) is 5.43 Å². The normalized spacial score (nSPS) is 10.8. The fourth-order valence-corrected chi connectivity index (χ4v) is 1.84. The number of hydrogen-bond donors (Lipinski definition) is 0. The van der Waals surface area contributed by atoms with Gasteiger partial charge in [0.2, 0.25) is 0 Å². The zero-order chi connectivity index (χ0) is 13.0. The molecular formula is C14H15ClO3. The molecular weight excluding hydrogens is 252 g/mol. The molecule has 0 aliphatic rings. The molecule has 4 heteroatoms. The van der Waals surface area contributed by atoms with Crippen molar-refractivity contribution < 1.29 is 9.15 Å². The molecule has 0 spiro atoms. The minimum Gasteiger partial charge on any atom is -0.493 e. The average Bonchev–Trinajstić information content (AvgIpc) is 2.39. The molecule has 2 rings (SSSR count). The highest BCUT2D eigenvalue weighted by Gasteiger charge is 2.06. The molecule has 0 fully saturated rings. The van der Waals surface area contributed by atoms with Crippen LogP contribution in [0, 0.1) is 0 Å². The first-order valence-electron chi connectivity index (χ1n) is 5.99. The number of halogens is 1. The molecule has 0 radical (unpaired) electrons. The van der Waals surface area contributed by atoms with E-state index in [-0.39, 0.29) is 5.43 Å². The van der Waals surface area contributed by atoms with E-state index < -0.39 is 0 Å². The summed E-state index contributed by atoms with van der Waals surface area (Å²) in [6.45, 7) is 2.49. The van der Waals surface area contributed by atoms with E-state index in [1.165, 1.54) is 6.26 Å². The lowest BCUT2D eigenvalue weighted by atomic mass is 10.1. The van der Waals surface area contributed by atoms with Gasteiger partial charge in [0.1, 0.15) is 11.3 Å². The third-order valence-corrected chi connectivity index (χ3v) is 3.01. The maximum absolute atomic E-state index is 12.0. The molecule has 3 nitrogen and oxygen atoms in total. The number of ether oxygens (including phenoxy) is 1. The summed E-state index contributed by atoms with van der Waals surface area (Å²) in [5.74, 6) is 1.27. The lowest BCUT2D eigenvalue weighted by Gasteiger charge is -2.06. The van der Waals surface area contributed by atoms with Crippen LogP contribution in [0.3, 0.4) is 0 Å². The predicted octanol–water partition coefficient (Wildman–Crippen LogP) is 3.36. The van der Waals surface area contributed by atoms with Gasteiger partial charge in [-0.1, -0.05) is 6.92 Å². The molecule has 0 aliphatic carbocycles. The van der Waals surface area contributed by atoms with Gasteiger partial charge < -0.3 is 9.15 Å². The smallest absolute Gasteiger partial charge is 0.195 e. The van der Waals surface area contributed by atoms with Crippen LogP contribution >= 0.6 is 11.6 Å². The van der Waals surface area contributed by atoms with Gasteiger partial charge in [-0.25, -0.2) is 0 Å². The van der Waals surface area contributed by atoms with Crippen molar-refractivity contribution in [2.75, 3.05) is 12.5 Å². The SMILES string of the molecule is CCc1coc2cc(OCCCCl)ccc2c1=O. The van der Waals surface area contributed by atoms with Crippen molar-refractivity contribution in [2.24, 2.45) is 0 Å². The van der Waals surface area contributed by atoms with Gasteiger partial charge in [0.05, 0.1) is 18.3 Å². The maximum Gasteiger partial charge on any atom is 0.195 e. The van der Waals surface area contributed by atoms with Crippen LogP contribution in [0.1, 0.15) is 18.9 Å².